The molecule has 2 aliphatic rings. The number of rotatable bonds is 6. The Bertz CT molecular complexity index is 1070. The maximum atomic E-state index is 12.7. The van der Waals surface area contributed by atoms with Gasteiger partial charge < -0.3 is 4.72 Å². The third-order valence-corrected chi connectivity index (χ3v) is 6.78. The summed E-state index contributed by atoms with van der Waals surface area (Å²) in [5.41, 5.74) is -11.8. The molecule has 0 aromatic rings. The van der Waals surface area contributed by atoms with Crippen LogP contribution in [-0.4, -0.2) is 58.4 Å². The average molecular weight is 508 g/mol. The molecule has 0 aromatic heterocycles. The van der Waals surface area contributed by atoms with Crippen molar-refractivity contribution < 1.29 is 48.2 Å². The number of hydrogen-bond acceptors (Lipinski definition) is 5. The van der Waals surface area contributed by atoms with Gasteiger partial charge >= 0.3 is 21.0 Å². The second-order valence-electron chi connectivity index (χ2n) is 6.90. The van der Waals surface area contributed by atoms with Gasteiger partial charge in [-0.05, 0) is 30.6 Å². The van der Waals surface area contributed by atoms with Crippen LogP contribution in [0.2, 0.25) is 0 Å². The Morgan fingerprint density at radius 3 is 2.22 bits per heavy atom. The molecule has 0 aromatic carbocycles. The van der Waals surface area contributed by atoms with Crippen LogP contribution in [0.5, 0.6) is 0 Å². The standard InChI is InChI=1S/C16H17F6N4O4S2/c1-9-3-5-12(13(7-9)25-31(27,28)15(17,18)19)24-10-4-6-11(23-2)14(8-10)26-32(29,30)16(20,21)22/h3,5,7,10-11,14,25H,1-2,4,6,8H2/q-1/p+1. The van der Waals surface area contributed by atoms with Gasteiger partial charge in [0.1, 0.15) is 12.8 Å². The van der Waals surface area contributed by atoms with Gasteiger partial charge in [-0.15, -0.1) is 0 Å². The first-order valence-electron chi connectivity index (χ1n) is 8.79. The molecule has 3 unspecified atom stereocenters. The number of allylic oxidation sites excluding steroid dienone is 4. The van der Waals surface area contributed by atoms with Gasteiger partial charge in [-0.25, -0.2) is 8.42 Å². The lowest BCUT2D eigenvalue weighted by Crippen LogP contribution is -2.78. The zero-order valence-electron chi connectivity index (χ0n) is 16.1. The number of nitrogens with one attached hydrogen (secondary N) is 2. The van der Waals surface area contributed by atoms with Crippen molar-refractivity contribution in [1.82, 2.24) is 4.72 Å². The summed E-state index contributed by atoms with van der Waals surface area (Å²) in [6, 6.07) is -3.07. The molecule has 0 radical (unpaired) electrons. The molecule has 32 heavy (non-hydrogen) atoms. The van der Waals surface area contributed by atoms with E-state index in [2.05, 4.69) is 28.0 Å². The van der Waals surface area contributed by atoms with Gasteiger partial charge in [-0.1, -0.05) is 18.7 Å². The number of alkyl halides is 6. The predicted molar refractivity (Wildman–Crippen MR) is 104 cm³/mol. The van der Waals surface area contributed by atoms with Crippen molar-refractivity contribution in [3.63, 3.8) is 0 Å². The molecule has 2 N–H and O–H groups in total. The highest BCUT2D eigenvalue weighted by molar-refractivity contribution is 7.94. The second-order valence-corrected chi connectivity index (χ2v) is 10.2. The summed E-state index contributed by atoms with van der Waals surface area (Å²) in [6.45, 7) is 6.84. The lowest BCUT2D eigenvalue weighted by molar-refractivity contribution is -0.499. The third-order valence-electron chi connectivity index (χ3n) is 4.55. The first-order valence-corrected chi connectivity index (χ1v) is 11.7. The molecule has 0 spiro atoms. The fourth-order valence-electron chi connectivity index (χ4n) is 3.01. The van der Waals surface area contributed by atoms with E-state index in [0.717, 1.165) is 6.08 Å². The zero-order valence-corrected chi connectivity index (χ0v) is 17.7. The molecule has 0 bridgehead atoms. The summed E-state index contributed by atoms with van der Waals surface area (Å²) < 4.78 is 126. The molecule has 180 valence electrons. The average Bonchev–Trinajstić information content (AvgIpc) is 2.62. The Morgan fingerprint density at radius 2 is 1.69 bits per heavy atom. The van der Waals surface area contributed by atoms with Gasteiger partial charge in [0.25, 0.3) is 0 Å². The normalized spacial score (nSPS) is 26.7. The molecular formula is C16H18F6N4O4S2. The second kappa shape index (κ2) is 8.97. The van der Waals surface area contributed by atoms with E-state index in [1.165, 1.54) is 16.9 Å². The molecule has 16 heteroatoms. The highest BCUT2D eigenvalue weighted by Crippen LogP contribution is 2.34. The van der Waals surface area contributed by atoms with Gasteiger partial charge in [0, 0.05) is 12.5 Å². The van der Waals surface area contributed by atoms with E-state index >= 15 is 0 Å². The molecule has 3 atom stereocenters. The third kappa shape index (κ3) is 5.98. The molecule has 2 rings (SSSR count). The van der Waals surface area contributed by atoms with Crippen LogP contribution in [0, 0.1) is 0 Å². The lowest BCUT2D eigenvalue weighted by atomic mass is 9.87. The smallest absolute Gasteiger partial charge is 0.516 e. The van der Waals surface area contributed by atoms with Crippen LogP contribution < -0.4 is 9.71 Å². The molecule has 0 aliphatic heterocycles. The van der Waals surface area contributed by atoms with Crippen LogP contribution >= 0.6 is 0 Å². The maximum absolute atomic E-state index is 12.7. The van der Waals surface area contributed by atoms with Crippen LogP contribution in [-0.2, 0) is 20.0 Å². The zero-order chi connectivity index (χ0) is 24.5. The molecule has 0 heterocycles. The SMILES string of the molecule is C=[NH+]C1CCC(N=C2C=CC(=C)C=C2NS(=O)(=O)C(F)(F)F)CC1[N-]S(=O)(=O)C(F)(F)F. The van der Waals surface area contributed by atoms with E-state index in [-0.39, 0.29) is 30.5 Å². The number of halogens is 6. The van der Waals surface area contributed by atoms with Gasteiger partial charge in [0.15, 0.2) is 10.0 Å². The topological polar surface area (TPSA) is 121 Å². The first-order chi connectivity index (χ1) is 14.5. The summed E-state index contributed by atoms with van der Waals surface area (Å²) in [6.07, 6.45) is 3.52. The van der Waals surface area contributed by atoms with Crippen LogP contribution in [0.15, 0.2) is 41.1 Å². The Hall–Kier alpha value is -2.20. The largest absolute Gasteiger partial charge is 0.533 e. The van der Waals surface area contributed by atoms with Crippen molar-refractivity contribution in [2.24, 2.45) is 4.99 Å². The Labute approximate surface area is 180 Å². The summed E-state index contributed by atoms with van der Waals surface area (Å²) in [5.74, 6) is 0. The van der Waals surface area contributed by atoms with Crippen molar-refractivity contribution in [3.05, 3.63) is 40.8 Å². The van der Waals surface area contributed by atoms with E-state index in [1.54, 1.807) is 0 Å². The van der Waals surface area contributed by atoms with Gasteiger partial charge in [-0.3, -0.25) is 14.7 Å². The first kappa shape index (κ1) is 26.1. The Kier molecular flexibility index (Phi) is 7.31. The van der Waals surface area contributed by atoms with Crippen molar-refractivity contribution in [2.45, 2.75) is 48.4 Å². The summed E-state index contributed by atoms with van der Waals surface area (Å²) in [7, 11) is -11.6. The van der Waals surface area contributed by atoms with Gasteiger partial charge in [0.2, 0.25) is 0 Å². The van der Waals surface area contributed by atoms with E-state index in [0.29, 0.717) is 0 Å². The van der Waals surface area contributed by atoms with Crippen molar-refractivity contribution in [1.29, 1.82) is 0 Å². The molecule has 0 saturated heterocycles. The van der Waals surface area contributed by atoms with Crippen LogP contribution in [0.25, 0.3) is 4.72 Å². The van der Waals surface area contributed by atoms with E-state index < -0.39 is 54.9 Å². The molecule has 1 fully saturated rings. The number of sulfonamides is 2. The minimum atomic E-state index is -5.80. The molecule has 0 amide bonds. The van der Waals surface area contributed by atoms with E-state index in [9.17, 15) is 43.2 Å². The van der Waals surface area contributed by atoms with Crippen molar-refractivity contribution >= 4 is 32.5 Å². The quantitative estimate of drug-likeness (QED) is 0.413. The predicted octanol–water partition coefficient (Wildman–Crippen LogP) is 1.17. The number of aliphatic imine (C=N–C) groups is 1. The van der Waals surface area contributed by atoms with Crippen LogP contribution in [0.1, 0.15) is 19.3 Å². The molecule has 8 nitrogen and oxygen atoms in total. The molecular weight excluding hydrogens is 490 g/mol. The summed E-state index contributed by atoms with van der Waals surface area (Å²) in [5, 5.41) is 0. The van der Waals surface area contributed by atoms with Crippen molar-refractivity contribution in [2.75, 3.05) is 0 Å². The maximum Gasteiger partial charge on any atom is 0.516 e. The fraction of sp³-hybridized carbons (Fsp3) is 0.500. The fourth-order valence-corrected chi connectivity index (χ4v) is 4.29. The summed E-state index contributed by atoms with van der Waals surface area (Å²) >= 11 is 0. The number of nitrogens with zero attached hydrogens (tertiary/aromatic N) is 2. The Morgan fingerprint density at radius 1 is 1.06 bits per heavy atom. The molecule has 2 aliphatic carbocycles. The minimum absolute atomic E-state index is 0.107. The lowest BCUT2D eigenvalue weighted by Gasteiger charge is -2.39. The molecule has 1 saturated carbocycles. The van der Waals surface area contributed by atoms with Gasteiger partial charge in [-0.2, -0.15) is 34.8 Å². The van der Waals surface area contributed by atoms with Crippen LogP contribution in [0.3, 0.4) is 0 Å². The summed E-state index contributed by atoms with van der Waals surface area (Å²) in [4.78, 5) is 6.57. The van der Waals surface area contributed by atoms with Crippen molar-refractivity contribution in [3.8, 4) is 0 Å². The van der Waals surface area contributed by atoms with E-state index in [4.69, 9.17) is 0 Å². The highest BCUT2D eigenvalue weighted by atomic mass is 32.2. The minimum Gasteiger partial charge on any atom is -0.533 e. The highest BCUT2D eigenvalue weighted by Gasteiger charge is 2.47. The van der Waals surface area contributed by atoms with Gasteiger partial charge in [0.05, 0.1) is 11.4 Å². The van der Waals surface area contributed by atoms with Crippen LogP contribution in [0.4, 0.5) is 26.3 Å². The monoisotopic (exact) mass is 508 g/mol. The van der Waals surface area contributed by atoms with E-state index in [1.807, 2.05) is 0 Å². The number of hydrogen-bond donors (Lipinski definition) is 2. The Balaban J connectivity index is 2.31.